The van der Waals surface area contributed by atoms with E-state index in [1.165, 1.54) is 4.68 Å². The largest absolute Gasteiger partial charge is 0.417 e. The van der Waals surface area contributed by atoms with Gasteiger partial charge in [-0.15, -0.1) is 5.10 Å². The molecule has 0 radical (unpaired) electrons. The van der Waals surface area contributed by atoms with Gasteiger partial charge in [0.25, 0.3) is 0 Å². The summed E-state index contributed by atoms with van der Waals surface area (Å²) in [5.41, 5.74) is 5.74. The molecule has 2 aromatic heterocycles. The van der Waals surface area contributed by atoms with Crippen molar-refractivity contribution in [3.05, 3.63) is 34.6 Å². The van der Waals surface area contributed by atoms with Gasteiger partial charge in [-0.3, -0.25) is 0 Å². The topological polar surface area (TPSA) is 56.7 Å². The van der Waals surface area contributed by atoms with Gasteiger partial charge in [0.1, 0.15) is 5.82 Å². The van der Waals surface area contributed by atoms with E-state index in [1.54, 1.807) is 6.20 Å². The number of nitrogens with zero attached hydrogens (tertiary/aromatic N) is 3. The molecule has 0 spiro atoms. The number of anilines is 1. The van der Waals surface area contributed by atoms with Crippen molar-refractivity contribution in [1.29, 1.82) is 0 Å². The monoisotopic (exact) mass is 458 g/mol. The van der Waals surface area contributed by atoms with Gasteiger partial charge in [0, 0.05) is 23.9 Å². The van der Waals surface area contributed by atoms with Gasteiger partial charge in [0.05, 0.1) is 13.8 Å². The number of nitrogen functional groups attached to an aromatic ring is 1. The van der Waals surface area contributed by atoms with Crippen molar-refractivity contribution in [2.45, 2.75) is 21.7 Å². The normalized spacial score (nSPS) is 20.2. The Morgan fingerprint density at radius 2 is 2.05 bits per heavy atom. The number of halogens is 6. The molecule has 0 saturated heterocycles. The van der Waals surface area contributed by atoms with Gasteiger partial charge in [-0.1, -0.05) is 43.5 Å². The van der Waals surface area contributed by atoms with Gasteiger partial charge in [-0.05, 0) is 12.5 Å². The first-order chi connectivity index (χ1) is 10.1. The van der Waals surface area contributed by atoms with Crippen LogP contribution in [0.4, 0.5) is 19.0 Å². The van der Waals surface area contributed by atoms with Crippen LogP contribution < -0.4 is 5.73 Å². The summed E-state index contributed by atoms with van der Waals surface area (Å²) >= 11 is 12.9. The third-order valence-corrected chi connectivity index (χ3v) is 5.37. The number of rotatable bonds is 2. The minimum atomic E-state index is -4.50. The fourth-order valence-electron chi connectivity index (χ4n) is 2.08. The van der Waals surface area contributed by atoms with E-state index in [0.29, 0.717) is 5.82 Å². The molecular formula is C12H8Br2ClF3N4. The molecule has 1 aliphatic carbocycles. The number of hydrogen-bond donors (Lipinski definition) is 1. The number of aromatic nitrogens is 3. The van der Waals surface area contributed by atoms with Crippen LogP contribution in [0.1, 0.15) is 23.5 Å². The zero-order valence-electron chi connectivity index (χ0n) is 10.7. The molecule has 118 valence electrons. The van der Waals surface area contributed by atoms with E-state index in [-0.39, 0.29) is 20.0 Å². The smallest absolute Gasteiger partial charge is 0.382 e. The summed E-state index contributed by atoms with van der Waals surface area (Å²) in [7, 11) is 0. The minimum Gasteiger partial charge on any atom is -0.382 e. The van der Waals surface area contributed by atoms with Crippen LogP contribution in [0, 0.1) is 0 Å². The molecule has 1 fully saturated rings. The Balaban J connectivity index is 1.97. The second kappa shape index (κ2) is 5.10. The zero-order chi connectivity index (χ0) is 16.3. The first kappa shape index (κ1) is 16.1. The molecule has 0 aliphatic heterocycles. The Bertz CT molecular complexity index is 744. The van der Waals surface area contributed by atoms with E-state index in [1.807, 2.05) is 0 Å². The van der Waals surface area contributed by atoms with Crippen LogP contribution in [0.3, 0.4) is 0 Å². The van der Waals surface area contributed by atoms with E-state index in [9.17, 15) is 13.2 Å². The number of pyridine rings is 1. The maximum atomic E-state index is 12.6. The van der Waals surface area contributed by atoms with Crippen molar-refractivity contribution in [2.75, 3.05) is 5.73 Å². The zero-order valence-corrected chi connectivity index (χ0v) is 14.6. The van der Waals surface area contributed by atoms with Crippen LogP contribution in [0.25, 0.3) is 5.82 Å². The lowest BCUT2D eigenvalue weighted by Crippen LogP contribution is -2.08. The SMILES string of the molecule is Nc1nn(-c2ncc(C(F)(F)F)cc2Cl)cc1C1CC1(Br)Br. The highest BCUT2D eigenvalue weighted by atomic mass is 79.9. The maximum Gasteiger partial charge on any atom is 0.417 e. The Hall–Kier alpha value is -0.800. The van der Waals surface area contributed by atoms with Gasteiger partial charge in [-0.25, -0.2) is 9.67 Å². The fraction of sp³-hybridized carbons (Fsp3) is 0.333. The molecule has 1 saturated carbocycles. The van der Waals surface area contributed by atoms with Crippen molar-refractivity contribution in [3.8, 4) is 5.82 Å². The molecule has 2 aromatic rings. The summed E-state index contributed by atoms with van der Waals surface area (Å²) in [4.78, 5) is 3.75. The molecule has 0 amide bonds. The molecule has 2 N–H and O–H groups in total. The first-order valence-electron chi connectivity index (χ1n) is 6.05. The lowest BCUT2D eigenvalue weighted by Gasteiger charge is -2.08. The standard InChI is InChI=1S/C12H8Br2ClF3N4/c13-11(14)2-7(11)6-4-22(21-9(6)19)10-8(15)1-5(3-20-10)12(16,17)18/h1,3-4,7H,2H2,(H2,19,21). The second-order valence-electron chi connectivity index (χ2n) is 4.96. The Kier molecular flexibility index (Phi) is 3.73. The number of nitrogens with two attached hydrogens (primary N) is 1. The molecule has 22 heavy (non-hydrogen) atoms. The summed E-state index contributed by atoms with van der Waals surface area (Å²) in [6, 6.07) is 0.817. The van der Waals surface area contributed by atoms with Crippen LogP contribution in [0.5, 0.6) is 0 Å². The van der Waals surface area contributed by atoms with Crippen LogP contribution in [0.2, 0.25) is 5.02 Å². The van der Waals surface area contributed by atoms with Crippen LogP contribution in [-0.2, 0) is 6.18 Å². The molecular weight excluding hydrogens is 452 g/mol. The van der Waals surface area contributed by atoms with Gasteiger partial charge in [0.2, 0.25) is 0 Å². The molecule has 0 aromatic carbocycles. The number of alkyl halides is 5. The Morgan fingerprint density at radius 3 is 2.55 bits per heavy atom. The summed E-state index contributed by atoms with van der Waals surface area (Å²) < 4.78 is 38.9. The summed E-state index contributed by atoms with van der Waals surface area (Å²) in [5, 5.41) is 3.94. The molecule has 10 heteroatoms. The molecule has 1 aliphatic rings. The van der Waals surface area contributed by atoms with Crippen LogP contribution >= 0.6 is 43.5 Å². The van der Waals surface area contributed by atoms with Crippen molar-refractivity contribution in [1.82, 2.24) is 14.8 Å². The molecule has 2 heterocycles. The highest BCUT2D eigenvalue weighted by Gasteiger charge is 2.52. The lowest BCUT2D eigenvalue weighted by atomic mass is 10.2. The summed E-state index contributed by atoms with van der Waals surface area (Å²) in [5.74, 6) is 0.529. The van der Waals surface area contributed by atoms with E-state index >= 15 is 0 Å². The predicted octanol–water partition coefficient (Wildman–Crippen LogP) is 4.50. The highest BCUT2D eigenvalue weighted by molar-refractivity contribution is 9.25. The maximum absolute atomic E-state index is 12.6. The van der Waals surface area contributed by atoms with Crippen molar-refractivity contribution in [3.63, 3.8) is 0 Å². The molecule has 1 atom stereocenters. The third-order valence-electron chi connectivity index (χ3n) is 3.34. The number of hydrogen-bond acceptors (Lipinski definition) is 3. The van der Waals surface area contributed by atoms with Crippen LogP contribution in [-0.4, -0.2) is 18.0 Å². The summed E-state index contributed by atoms with van der Waals surface area (Å²) in [6.07, 6.45) is -1.32. The average Bonchev–Trinajstić information content (AvgIpc) is 2.85. The van der Waals surface area contributed by atoms with Gasteiger partial charge in [-0.2, -0.15) is 13.2 Å². The van der Waals surface area contributed by atoms with Gasteiger partial charge < -0.3 is 5.73 Å². The van der Waals surface area contributed by atoms with Crippen molar-refractivity contribution in [2.24, 2.45) is 0 Å². The van der Waals surface area contributed by atoms with Gasteiger partial charge >= 0.3 is 6.18 Å². The average molecular weight is 460 g/mol. The lowest BCUT2D eigenvalue weighted by molar-refractivity contribution is -0.137. The third kappa shape index (κ3) is 2.85. The van der Waals surface area contributed by atoms with E-state index < -0.39 is 11.7 Å². The Labute approximate surface area is 145 Å². The van der Waals surface area contributed by atoms with Crippen LogP contribution in [0.15, 0.2) is 18.5 Å². The Morgan fingerprint density at radius 1 is 1.41 bits per heavy atom. The van der Waals surface area contributed by atoms with E-state index in [2.05, 4.69) is 41.9 Å². The predicted molar refractivity (Wildman–Crippen MR) is 83.7 cm³/mol. The minimum absolute atomic E-state index is 0.100. The molecule has 4 nitrogen and oxygen atoms in total. The first-order valence-corrected chi connectivity index (χ1v) is 8.02. The fourth-order valence-corrected chi connectivity index (χ4v) is 3.48. The highest BCUT2D eigenvalue weighted by Crippen LogP contribution is 2.63. The van der Waals surface area contributed by atoms with Gasteiger partial charge in [0.15, 0.2) is 5.82 Å². The molecule has 3 rings (SSSR count). The summed E-state index contributed by atoms with van der Waals surface area (Å²) in [6.45, 7) is 0. The quantitative estimate of drug-likeness (QED) is 0.672. The molecule has 1 unspecified atom stereocenters. The van der Waals surface area contributed by atoms with E-state index in [4.69, 9.17) is 17.3 Å². The van der Waals surface area contributed by atoms with Crippen molar-refractivity contribution < 1.29 is 13.2 Å². The molecule has 0 bridgehead atoms. The van der Waals surface area contributed by atoms with Crippen molar-refractivity contribution >= 4 is 49.3 Å². The van der Waals surface area contributed by atoms with E-state index in [0.717, 1.165) is 24.2 Å². The second-order valence-corrected chi connectivity index (χ2v) is 9.26.